The number of hydrogen-bond donors (Lipinski definition) is 1. The molecule has 2 aromatic heterocycles. The molecule has 2 aromatic rings. The standard InChI is InChI=1S/C12H12ClN3O/c1-8-11(3-2-6-15-8)17-12-5-4-9(13)10(7-14)16-12/h2-6H,7,14H2,1H3. The second kappa shape index (κ2) is 5.12. The molecule has 88 valence electrons. The van der Waals surface area contributed by atoms with Gasteiger partial charge in [0.05, 0.1) is 16.4 Å². The van der Waals surface area contributed by atoms with Gasteiger partial charge in [-0.1, -0.05) is 11.6 Å². The number of pyridine rings is 2. The zero-order valence-corrected chi connectivity index (χ0v) is 10.1. The average molecular weight is 250 g/mol. The van der Waals surface area contributed by atoms with Gasteiger partial charge in [0.2, 0.25) is 5.88 Å². The van der Waals surface area contributed by atoms with Crippen LogP contribution in [0.25, 0.3) is 0 Å². The van der Waals surface area contributed by atoms with Crippen molar-refractivity contribution in [3.8, 4) is 11.6 Å². The molecule has 0 bridgehead atoms. The van der Waals surface area contributed by atoms with Gasteiger partial charge in [-0.2, -0.15) is 0 Å². The Kier molecular flexibility index (Phi) is 3.56. The van der Waals surface area contributed by atoms with Crippen LogP contribution in [0.5, 0.6) is 11.6 Å². The Hall–Kier alpha value is -1.65. The summed E-state index contributed by atoms with van der Waals surface area (Å²) in [7, 11) is 0. The van der Waals surface area contributed by atoms with E-state index in [0.29, 0.717) is 22.3 Å². The predicted molar refractivity (Wildman–Crippen MR) is 66.2 cm³/mol. The summed E-state index contributed by atoms with van der Waals surface area (Å²) in [4.78, 5) is 8.35. The van der Waals surface area contributed by atoms with Crippen molar-refractivity contribution in [3.05, 3.63) is 46.9 Å². The highest BCUT2D eigenvalue weighted by molar-refractivity contribution is 6.31. The fourth-order valence-electron chi connectivity index (χ4n) is 1.35. The summed E-state index contributed by atoms with van der Waals surface area (Å²) in [5, 5.41) is 0.544. The molecule has 0 radical (unpaired) electrons. The van der Waals surface area contributed by atoms with Crippen LogP contribution in [0, 0.1) is 6.92 Å². The minimum absolute atomic E-state index is 0.280. The highest BCUT2D eigenvalue weighted by Crippen LogP contribution is 2.24. The van der Waals surface area contributed by atoms with E-state index in [1.54, 1.807) is 18.3 Å². The summed E-state index contributed by atoms with van der Waals surface area (Å²) in [6.45, 7) is 2.15. The molecular weight excluding hydrogens is 238 g/mol. The molecule has 2 rings (SSSR count). The number of halogens is 1. The van der Waals surface area contributed by atoms with Gasteiger partial charge in [0.1, 0.15) is 0 Å². The average Bonchev–Trinajstić information content (AvgIpc) is 2.34. The van der Waals surface area contributed by atoms with Crippen molar-refractivity contribution in [1.82, 2.24) is 9.97 Å². The van der Waals surface area contributed by atoms with Crippen molar-refractivity contribution < 1.29 is 4.74 Å². The van der Waals surface area contributed by atoms with Crippen molar-refractivity contribution in [3.63, 3.8) is 0 Å². The van der Waals surface area contributed by atoms with Gasteiger partial charge in [-0.3, -0.25) is 4.98 Å². The molecule has 17 heavy (non-hydrogen) atoms. The number of aryl methyl sites for hydroxylation is 1. The molecule has 0 aliphatic carbocycles. The lowest BCUT2D eigenvalue weighted by Crippen LogP contribution is -2.02. The van der Waals surface area contributed by atoms with Crippen LogP contribution in [0.4, 0.5) is 0 Å². The Balaban J connectivity index is 2.28. The first kappa shape index (κ1) is 11.8. The molecule has 0 atom stereocenters. The van der Waals surface area contributed by atoms with Crippen LogP contribution in [0.1, 0.15) is 11.4 Å². The van der Waals surface area contributed by atoms with Gasteiger partial charge in [0.15, 0.2) is 5.75 Å². The van der Waals surface area contributed by atoms with Crippen LogP contribution in [0.15, 0.2) is 30.5 Å². The Morgan fingerprint density at radius 1 is 1.35 bits per heavy atom. The zero-order valence-electron chi connectivity index (χ0n) is 9.35. The summed E-state index contributed by atoms with van der Waals surface area (Å²) in [5.74, 6) is 1.14. The molecule has 0 saturated heterocycles. The van der Waals surface area contributed by atoms with Crippen LogP contribution in [-0.4, -0.2) is 9.97 Å². The van der Waals surface area contributed by atoms with Crippen LogP contribution in [0.2, 0.25) is 5.02 Å². The van der Waals surface area contributed by atoms with Crippen molar-refractivity contribution in [1.29, 1.82) is 0 Å². The van der Waals surface area contributed by atoms with Gasteiger partial charge >= 0.3 is 0 Å². The first-order valence-electron chi connectivity index (χ1n) is 5.15. The van der Waals surface area contributed by atoms with Crippen molar-refractivity contribution in [2.45, 2.75) is 13.5 Å². The number of hydrogen-bond acceptors (Lipinski definition) is 4. The van der Waals surface area contributed by atoms with Crippen LogP contribution >= 0.6 is 11.6 Å². The van der Waals surface area contributed by atoms with Crippen molar-refractivity contribution >= 4 is 11.6 Å². The molecule has 5 heteroatoms. The Labute approximate surface area is 104 Å². The number of ether oxygens (including phenoxy) is 1. The van der Waals surface area contributed by atoms with Gasteiger partial charge < -0.3 is 10.5 Å². The number of rotatable bonds is 3. The maximum atomic E-state index is 5.92. The molecule has 0 saturated carbocycles. The summed E-state index contributed by atoms with van der Waals surface area (Å²) in [6, 6.07) is 7.06. The van der Waals surface area contributed by atoms with E-state index in [4.69, 9.17) is 22.1 Å². The highest BCUT2D eigenvalue weighted by atomic mass is 35.5. The lowest BCUT2D eigenvalue weighted by molar-refractivity contribution is 0.454. The van der Waals surface area contributed by atoms with Crippen molar-refractivity contribution in [2.24, 2.45) is 5.73 Å². The number of nitrogens with two attached hydrogens (primary N) is 1. The van der Waals surface area contributed by atoms with Gasteiger partial charge in [-0.25, -0.2) is 4.98 Å². The molecule has 0 fully saturated rings. The lowest BCUT2D eigenvalue weighted by Gasteiger charge is -2.08. The third-order valence-electron chi connectivity index (χ3n) is 2.26. The maximum Gasteiger partial charge on any atom is 0.219 e. The molecule has 2 heterocycles. The first-order chi connectivity index (χ1) is 8.20. The van der Waals surface area contributed by atoms with E-state index in [9.17, 15) is 0 Å². The molecule has 0 unspecified atom stereocenters. The van der Waals surface area contributed by atoms with Crippen LogP contribution < -0.4 is 10.5 Å². The molecule has 0 aliphatic heterocycles. The second-order valence-corrected chi connectivity index (χ2v) is 3.88. The highest BCUT2D eigenvalue weighted by Gasteiger charge is 2.06. The van der Waals surface area contributed by atoms with Crippen molar-refractivity contribution in [2.75, 3.05) is 0 Å². The smallest absolute Gasteiger partial charge is 0.219 e. The largest absolute Gasteiger partial charge is 0.437 e. The number of nitrogens with zero attached hydrogens (tertiary/aromatic N) is 2. The normalized spacial score (nSPS) is 10.3. The minimum atomic E-state index is 0.280. The molecule has 4 nitrogen and oxygen atoms in total. The fraction of sp³-hybridized carbons (Fsp3) is 0.167. The summed E-state index contributed by atoms with van der Waals surface area (Å²) >= 11 is 5.92. The van der Waals surface area contributed by atoms with E-state index < -0.39 is 0 Å². The Morgan fingerprint density at radius 3 is 2.88 bits per heavy atom. The molecular formula is C12H12ClN3O. The Morgan fingerprint density at radius 2 is 2.18 bits per heavy atom. The van der Waals surface area contributed by atoms with E-state index >= 15 is 0 Å². The van der Waals surface area contributed by atoms with E-state index in [0.717, 1.165) is 5.69 Å². The van der Waals surface area contributed by atoms with Gasteiger partial charge in [0.25, 0.3) is 0 Å². The third-order valence-corrected chi connectivity index (χ3v) is 2.60. The molecule has 0 aliphatic rings. The monoisotopic (exact) mass is 249 g/mol. The number of aromatic nitrogens is 2. The third kappa shape index (κ3) is 2.72. The van der Waals surface area contributed by atoms with E-state index in [2.05, 4.69) is 9.97 Å². The van der Waals surface area contributed by atoms with E-state index in [1.807, 2.05) is 19.1 Å². The summed E-state index contributed by atoms with van der Waals surface area (Å²) in [5.41, 5.74) is 6.95. The predicted octanol–water partition coefficient (Wildman–Crippen LogP) is 2.69. The van der Waals surface area contributed by atoms with Crippen LogP contribution in [-0.2, 0) is 6.54 Å². The summed E-state index contributed by atoms with van der Waals surface area (Å²) in [6.07, 6.45) is 1.71. The molecule has 0 spiro atoms. The zero-order chi connectivity index (χ0) is 12.3. The van der Waals surface area contributed by atoms with Gasteiger partial charge in [-0.05, 0) is 25.1 Å². The van der Waals surface area contributed by atoms with E-state index in [1.165, 1.54) is 0 Å². The minimum Gasteiger partial charge on any atom is -0.437 e. The molecule has 2 N–H and O–H groups in total. The topological polar surface area (TPSA) is 61.0 Å². The molecule has 0 amide bonds. The fourth-order valence-corrected chi connectivity index (χ4v) is 1.54. The summed E-state index contributed by atoms with van der Waals surface area (Å²) < 4.78 is 5.62. The maximum absolute atomic E-state index is 5.92. The quantitative estimate of drug-likeness (QED) is 0.909. The van der Waals surface area contributed by atoms with Crippen LogP contribution in [0.3, 0.4) is 0 Å². The van der Waals surface area contributed by atoms with E-state index in [-0.39, 0.29) is 6.54 Å². The molecule has 0 aromatic carbocycles. The van der Waals surface area contributed by atoms with Gasteiger partial charge in [0, 0.05) is 18.8 Å². The van der Waals surface area contributed by atoms with Gasteiger partial charge in [-0.15, -0.1) is 0 Å². The first-order valence-corrected chi connectivity index (χ1v) is 5.53. The Bertz CT molecular complexity index is 531. The SMILES string of the molecule is Cc1ncccc1Oc1ccc(Cl)c(CN)n1. The lowest BCUT2D eigenvalue weighted by atomic mass is 10.3. The second-order valence-electron chi connectivity index (χ2n) is 3.47.